The number of morpholine rings is 1. The first-order valence-electron chi connectivity index (χ1n) is 5.87. The summed E-state index contributed by atoms with van der Waals surface area (Å²) in [6, 6.07) is 4.72. The van der Waals surface area contributed by atoms with Crippen LogP contribution in [-0.2, 0) is 4.74 Å². The first kappa shape index (κ1) is 13.5. The fourth-order valence-corrected chi connectivity index (χ4v) is 2.38. The molecule has 1 fully saturated rings. The molecule has 0 bridgehead atoms. The monoisotopic (exact) mass is 315 g/mol. The summed E-state index contributed by atoms with van der Waals surface area (Å²) in [6.07, 6.45) is -0.0136. The molecule has 1 aromatic carbocycles. The molecule has 0 saturated carbocycles. The van der Waals surface area contributed by atoms with Crippen LogP contribution in [0.3, 0.4) is 0 Å². The first-order valence-corrected chi connectivity index (χ1v) is 6.66. The Morgan fingerprint density at radius 2 is 2.22 bits per heavy atom. The van der Waals surface area contributed by atoms with Gasteiger partial charge >= 0.3 is 0 Å². The summed E-state index contributed by atoms with van der Waals surface area (Å²) in [4.78, 5) is 14.0. The van der Waals surface area contributed by atoms with Crippen molar-refractivity contribution in [3.63, 3.8) is 0 Å². The Labute approximate surface area is 114 Å². The predicted octanol–water partition coefficient (Wildman–Crippen LogP) is 2.84. The minimum Gasteiger partial charge on any atom is -0.375 e. The van der Waals surface area contributed by atoms with Crippen molar-refractivity contribution in [3.8, 4) is 0 Å². The molecule has 0 radical (unpaired) electrons. The summed E-state index contributed by atoms with van der Waals surface area (Å²) in [5.74, 6) is -0.787. The number of nitrogens with zero attached hydrogens (tertiary/aromatic N) is 1. The van der Waals surface area contributed by atoms with Crippen molar-refractivity contribution < 1.29 is 13.9 Å². The van der Waals surface area contributed by atoms with Gasteiger partial charge < -0.3 is 9.64 Å². The van der Waals surface area contributed by atoms with Crippen molar-refractivity contribution in [1.82, 2.24) is 4.90 Å². The number of carbonyl (C=O) groups excluding carboxylic acids is 1. The van der Waals surface area contributed by atoms with Crippen molar-refractivity contribution in [3.05, 3.63) is 34.1 Å². The second-order valence-electron chi connectivity index (χ2n) is 4.55. The summed E-state index contributed by atoms with van der Waals surface area (Å²) >= 11 is 3.09. The zero-order chi connectivity index (χ0) is 13.3. The van der Waals surface area contributed by atoms with Gasteiger partial charge in [0.25, 0.3) is 5.91 Å². The summed E-state index contributed by atoms with van der Waals surface area (Å²) in [5, 5.41) is 0. The fraction of sp³-hybridized carbons (Fsp3) is 0.462. The van der Waals surface area contributed by atoms with Crippen molar-refractivity contribution in [2.24, 2.45) is 0 Å². The molecule has 2 atom stereocenters. The van der Waals surface area contributed by atoms with Crippen LogP contribution in [0.25, 0.3) is 0 Å². The van der Waals surface area contributed by atoms with Gasteiger partial charge in [-0.25, -0.2) is 4.39 Å². The van der Waals surface area contributed by atoms with Crippen LogP contribution in [0.15, 0.2) is 22.7 Å². The number of hydrogen-bond donors (Lipinski definition) is 0. The van der Waals surface area contributed by atoms with Crippen LogP contribution in [0.5, 0.6) is 0 Å². The number of hydrogen-bond acceptors (Lipinski definition) is 2. The molecule has 2 rings (SSSR count). The molecule has 2 unspecified atom stereocenters. The van der Waals surface area contributed by atoms with Crippen molar-refractivity contribution in [1.29, 1.82) is 0 Å². The second kappa shape index (κ2) is 5.36. The SMILES string of the molecule is CC1CN(C(=O)c2cccc(Br)c2F)C(C)CO1. The van der Waals surface area contributed by atoms with E-state index in [0.717, 1.165) is 0 Å². The molecule has 0 spiro atoms. The highest BCUT2D eigenvalue weighted by Gasteiger charge is 2.29. The fourth-order valence-electron chi connectivity index (χ4n) is 2.01. The molecule has 18 heavy (non-hydrogen) atoms. The number of amides is 1. The summed E-state index contributed by atoms with van der Waals surface area (Å²) in [7, 11) is 0. The minimum absolute atomic E-state index is 0.0136. The van der Waals surface area contributed by atoms with E-state index in [4.69, 9.17) is 4.74 Å². The maximum Gasteiger partial charge on any atom is 0.257 e. The first-order chi connectivity index (χ1) is 8.50. The topological polar surface area (TPSA) is 29.5 Å². The van der Waals surface area contributed by atoms with Gasteiger partial charge in [-0.1, -0.05) is 6.07 Å². The highest BCUT2D eigenvalue weighted by molar-refractivity contribution is 9.10. The van der Waals surface area contributed by atoms with Crippen LogP contribution < -0.4 is 0 Å². The molecule has 0 aromatic heterocycles. The van der Waals surface area contributed by atoms with Crippen LogP contribution in [0.4, 0.5) is 4.39 Å². The standard InChI is InChI=1S/C13H15BrFNO2/c1-8-7-18-9(2)6-16(8)13(17)10-4-3-5-11(14)12(10)15/h3-5,8-9H,6-7H2,1-2H3. The highest BCUT2D eigenvalue weighted by atomic mass is 79.9. The Hall–Kier alpha value is -0.940. The van der Waals surface area contributed by atoms with Crippen molar-refractivity contribution in [2.45, 2.75) is 26.0 Å². The van der Waals surface area contributed by atoms with E-state index in [-0.39, 0.29) is 23.6 Å². The molecule has 3 nitrogen and oxygen atoms in total. The van der Waals surface area contributed by atoms with Crippen LogP contribution >= 0.6 is 15.9 Å². The molecule has 1 aliphatic rings. The molecule has 1 aliphatic heterocycles. The lowest BCUT2D eigenvalue weighted by molar-refractivity contribution is -0.0388. The molecule has 5 heteroatoms. The van der Waals surface area contributed by atoms with E-state index < -0.39 is 5.82 Å². The largest absolute Gasteiger partial charge is 0.375 e. The van der Waals surface area contributed by atoms with Gasteiger partial charge in [-0.15, -0.1) is 0 Å². The third kappa shape index (κ3) is 2.57. The Morgan fingerprint density at radius 1 is 1.50 bits per heavy atom. The number of halogens is 2. The van der Waals surface area contributed by atoms with Gasteiger partial charge in [0.15, 0.2) is 0 Å². The van der Waals surface area contributed by atoms with Crippen LogP contribution in [-0.4, -0.2) is 36.1 Å². The van der Waals surface area contributed by atoms with Crippen molar-refractivity contribution >= 4 is 21.8 Å². The van der Waals surface area contributed by atoms with E-state index in [1.54, 1.807) is 17.0 Å². The molecular weight excluding hydrogens is 301 g/mol. The van der Waals surface area contributed by atoms with Gasteiger partial charge in [-0.05, 0) is 41.9 Å². The molecule has 98 valence electrons. The van der Waals surface area contributed by atoms with Gasteiger partial charge in [-0.3, -0.25) is 4.79 Å². The smallest absolute Gasteiger partial charge is 0.257 e. The molecule has 0 aliphatic carbocycles. The highest BCUT2D eigenvalue weighted by Crippen LogP contribution is 2.22. The van der Waals surface area contributed by atoms with Gasteiger partial charge in [0.2, 0.25) is 0 Å². The van der Waals surface area contributed by atoms with E-state index in [2.05, 4.69) is 15.9 Å². The Balaban J connectivity index is 2.27. The summed E-state index contributed by atoms with van der Waals surface area (Å²) < 4.78 is 19.7. The molecule has 1 aromatic rings. The molecule has 1 heterocycles. The average molecular weight is 316 g/mol. The maximum absolute atomic E-state index is 13.9. The van der Waals surface area contributed by atoms with Gasteiger partial charge in [0, 0.05) is 6.54 Å². The minimum atomic E-state index is -0.506. The number of rotatable bonds is 1. The van der Waals surface area contributed by atoms with Gasteiger partial charge in [0.1, 0.15) is 5.82 Å². The summed E-state index contributed by atoms with van der Waals surface area (Å²) in [5.41, 5.74) is 0.102. The molecule has 1 saturated heterocycles. The Bertz CT molecular complexity index is 466. The third-order valence-corrected chi connectivity index (χ3v) is 3.66. The molecule has 0 N–H and O–H groups in total. The maximum atomic E-state index is 13.9. The van der Waals surface area contributed by atoms with Crippen molar-refractivity contribution in [2.75, 3.05) is 13.2 Å². The number of benzene rings is 1. The zero-order valence-corrected chi connectivity index (χ0v) is 11.9. The lowest BCUT2D eigenvalue weighted by Gasteiger charge is -2.36. The van der Waals surface area contributed by atoms with E-state index in [9.17, 15) is 9.18 Å². The van der Waals surface area contributed by atoms with E-state index in [1.165, 1.54) is 6.07 Å². The van der Waals surface area contributed by atoms with Crippen LogP contribution in [0.2, 0.25) is 0 Å². The Kier molecular flexibility index (Phi) is 4.02. The van der Waals surface area contributed by atoms with Gasteiger partial charge in [-0.2, -0.15) is 0 Å². The lowest BCUT2D eigenvalue weighted by Crippen LogP contribution is -2.50. The third-order valence-electron chi connectivity index (χ3n) is 3.05. The number of ether oxygens (including phenoxy) is 1. The second-order valence-corrected chi connectivity index (χ2v) is 5.41. The quantitative estimate of drug-likeness (QED) is 0.797. The number of carbonyl (C=O) groups is 1. The average Bonchev–Trinajstić information content (AvgIpc) is 2.35. The van der Waals surface area contributed by atoms with Crippen LogP contribution in [0, 0.1) is 5.82 Å². The van der Waals surface area contributed by atoms with E-state index >= 15 is 0 Å². The predicted molar refractivity (Wildman–Crippen MR) is 70.0 cm³/mol. The van der Waals surface area contributed by atoms with E-state index in [1.807, 2.05) is 13.8 Å². The molecular formula is C13H15BrFNO2. The van der Waals surface area contributed by atoms with E-state index in [0.29, 0.717) is 17.6 Å². The zero-order valence-electron chi connectivity index (χ0n) is 10.3. The molecule has 1 amide bonds. The van der Waals surface area contributed by atoms with Gasteiger partial charge in [0.05, 0.1) is 28.8 Å². The Morgan fingerprint density at radius 3 is 2.94 bits per heavy atom. The van der Waals surface area contributed by atoms with Crippen LogP contribution in [0.1, 0.15) is 24.2 Å². The normalized spacial score (nSPS) is 24.1. The summed E-state index contributed by atoms with van der Waals surface area (Å²) in [6.45, 7) is 4.79. The lowest BCUT2D eigenvalue weighted by atomic mass is 10.1.